The van der Waals surface area contributed by atoms with Crippen LogP contribution in [0, 0.1) is 0 Å². The van der Waals surface area contributed by atoms with E-state index in [1.54, 1.807) is 24.1 Å². The highest BCUT2D eigenvalue weighted by Crippen LogP contribution is 2.12. The summed E-state index contributed by atoms with van der Waals surface area (Å²) in [6.07, 6.45) is 0. The third-order valence-corrected chi connectivity index (χ3v) is 2.00. The highest BCUT2D eigenvalue weighted by atomic mass is 16.3. The lowest BCUT2D eigenvalue weighted by atomic mass is 10.2. The van der Waals surface area contributed by atoms with Crippen LogP contribution in [0.4, 0.5) is 0 Å². The lowest BCUT2D eigenvalue weighted by molar-refractivity contribution is 0.0788. The number of carbonyl (C=O) groups excluding carboxylic acids is 1. The number of hydrogen-bond acceptors (Lipinski definition) is 3. The van der Waals surface area contributed by atoms with Crippen molar-refractivity contribution in [2.75, 3.05) is 13.6 Å². The van der Waals surface area contributed by atoms with Gasteiger partial charge in [-0.25, -0.2) is 0 Å². The van der Waals surface area contributed by atoms with Gasteiger partial charge in [-0.3, -0.25) is 4.79 Å². The van der Waals surface area contributed by atoms with Gasteiger partial charge in [-0.2, -0.15) is 0 Å². The van der Waals surface area contributed by atoms with Crippen molar-refractivity contribution in [2.45, 2.75) is 13.0 Å². The Hall–Kier alpha value is -1.55. The second-order valence-electron chi connectivity index (χ2n) is 3.71. The predicted octanol–water partition coefficient (Wildman–Crippen LogP) is 0.811. The molecular weight excluding hydrogens is 192 g/mol. The van der Waals surface area contributed by atoms with E-state index >= 15 is 0 Å². The van der Waals surface area contributed by atoms with Gasteiger partial charge in [0.05, 0.1) is 0 Å². The summed E-state index contributed by atoms with van der Waals surface area (Å²) in [5.41, 5.74) is 6.07. The van der Waals surface area contributed by atoms with Gasteiger partial charge in [-0.05, 0) is 25.1 Å². The highest BCUT2D eigenvalue weighted by Gasteiger charge is 2.12. The van der Waals surface area contributed by atoms with E-state index in [0.717, 1.165) is 0 Å². The van der Waals surface area contributed by atoms with Gasteiger partial charge in [0.25, 0.3) is 5.91 Å². The number of rotatable bonds is 3. The van der Waals surface area contributed by atoms with Crippen LogP contribution >= 0.6 is 0 Å². The number of nitrogens with two attached hydrogens (primary N) is 1. The summed E-state index contributed by atoms with van der Waals surface area (Å²) in [6.45, 7) is 2.33. The van der Waals surface area contributed by atoms with Crippen molar-refractivity contribution in [1.82, 2.24) is 4.90 Å². The Kier molecular flexibility index (Phi) is 3.68. The number of phenols is 1. The molecule has 0 aromatic heterocycles. The molecule has 0 aliphatic carbocycles. The molecule has 1 aromatic carbocycles. The average molecular weight is 208 g/mol. The molecule has 1 rings (SSSR count). The lowest BCUT2D eigenvalue weighted by Crippen LogP contribution is -2.36. The molecule has 0 heterocycles. The molecule has 1 unspecified atom stereocenters. The molecule has 4 nitrogen and oxygen atoms in total. The van der Waals surface area contributed by atoms with Crippen LogP contribution in [0.2, 0.25) is 0 Å². The molecule has 82 valence electrons. The summed E-state index contributed by atoms with van der Waals surface area (Å²) in [4.78, 5) is 13.3. The average Bonchev–Trinajstić information content (AvgIpc) is 2.15. The Bertz CT molecular complexity index is 350. The molecule has 0 saturated carbocycles. The van der Waals surface area contributed by atoms with Gasteiger partial charge in [0.1, 0.15) is 5.75 Å². The fourth-order valence-electron chi connectivity index (χ4n) is 1.37. The largest absolute Gasteiger partial charge is 0.508 e. The first-order chi connectivity index (χ1) is 7.00. The van der Waals surface area contributed by atoms with Gasteiger partial charge >= 0.3 is 0 Å². The predicted molar refractivity (Wildman–Crippen MR) is 58.7 cm³/mol. The Morgan fingerprint density at radius 2 is 2.27 bits per heavy atom. The van der Waals surface area contributed by atoms with Crippen LogP contribution in [0.5, 0.6) is 5.75 Å². The summed E-state index contributed by atoms with van der Waals surface area (Å²) < 4.78 is 0. The van der Waals surface area contributed by atoms with Crippen LogP contribution in [0.25, 0.3) is 0 Å². The van der Waals surface area contributed by atoms with E-state index in [-0.39, 0.29) is 17.7 Å². The van der Waals surface area contributed by atoms with Crippen LogP contribution in [0.1, 0.15) is 17.3 Å². The number of likely N-dealkylation sites (N-methyl/N-ethyl adjacent to an activating group) is 1. The molecular formula is C11H16N2O2. The zero-order valence-electron chi connectivity index (χ0n) is 8.97. The molecule has 0 bridgehead atoms. The van der Waals surface area contributed by atoms with E-state index in [9.17, 15) is 9.90 Å². The van der Waals surface area contributed by atoms with E-state index in [2.05, 4.69) is 0 Å². The number of phenolic OH excluding ortho intramolecular Hbond substituents is 1. The van der Waals surface area contributed by atoms with E-state index in [4.69, 9.17) is 5.73 Å². The maximum absolute atomic E-state index is 11.8. The summed E-state index contributed by atoms with van der Waals surface area (Å²) in [5, 5.41) is 9.23. The molecule has 0 aliphatic rings. The van der Waals surface area contributed by atoms with Crippen LogP contribution < -0.4 is 5.73 Å². The quantitative estimate of drug-likeness (QED) is 0.772. The molecule has 1 atom stereocenters. The maximum Gasteiger partial charge on any atom is 0.253 e. The zero-order valence-corrected chi connectivity index (χ0v) is 8.97. The molecule has 0 saturated heterocycles. The van der Waals surface area contributed by atoms with Gasteiger partial charge in [0.2, 0.25) is 0 Å². The molecule has 1 amide bonds. The molecule has 15 heavy (non-hydrogen) atoms. The summed E-state index contributed by atoms with van der Waals surface area (Å²) in [7, 11) is 1.69. The number of hydrogen-bond donors (Lipinski definition) is 2. The van der Waals surface area contributed by atoms with Gasteiger partial charge in [0.15, 0.2) is 0 Å². The van der Waals surface area contributed by atoms with E-state index < -0.39 is 0 Å². The van der Waals surface area contributed by atoms with Crippen molar-refractivity contribution in [3.63, 3.8) is 0 Å². The summed E-state index contributed by atoms with van der Waals surface area (Å²) >= 11 is 0. The molecule has 3 N–H and O–H groups in total. The first-order valence-electron chi connectivity index (χ1n) is 4.81. The van der Waals surface area contributed by atoms with Gasteiger partial charge in [-0.15, -0.1) is 0 Å². The Morgan fingerprint density at radius 3 is 2.80 bits per heavy atom. The lowest BCUT2D eigenvalue weighted by Gasteiger charge is -2.19. The maximum atomic E-state index is 11.8. The van der Waals surface area contributed by atoms with Crippen molar-refractivity contribution >= 4 is 5.91 Å². The smallest absolute Gasteiger partial charge is 0.253 e. The minimum Gasteiger partial charge on any atom is -0.508 e. The van der Waals surface area contributed by atoms with E-state index in [1.807, 2.05) is 6.92 Å². The molecule has 4 heteroatoms. The second-order valence-corrected chi connectivity index (χ2v) is 3.71. The molecule has 1 aromatic rings. The molecule has 0 aliphatic heterocycles. The van der Waals surface area contributed by atoms with Gasteiger partial charge < -0.3 is 15.7 Å². The summed E-state index contributed by atoms with van der Waals surface area (Å²) in [5.74, 6) is -0.0433. The van der Waals surface area contributed by atoms with Gasteiger partial charge in [-0.1, -0.05) is 6.07 Å². The monoisotopic (exact) mass is 208 g/mol. The van der Waals surface area contributed by atoms with Crippen molar-refractivity contribution in [3.8, 4) is 5.75 Å². The highest BCUT2D eigenvalue weighted by molar-refractivity contribution is 5.94. The Morgan fingerprint density at radius 1 is 1.60 bits per heavy atom. The van der Waals surface area contributed by atoms with Crippen LogP contribution in [-0.4, -0.2) is 35.5 Å². The normalized spacial score (nSPS) is 12.2. The standard InChI is InChI=1S/C11H16N2O2/c1-8(12)7-13(2)11(15)9-4-3-5-10(14)6-9/h3-6,8,14H,7,12H2,1-2H3. The van der Waals surface area contributed by atoms with E-state index in [1.165, 1.54) is 12.1 Å². The minimum absolute atomic E-state index is 0.0590. The number of benzene rings is 1. The van der Waals surface area contributed by atoms with Crippen LogP contribution in [0.3, 0.4) is 0 Å². The second kappa shape index (κ2) is 4.79. The van der Waals surface area contributed by atoms with Crippen molar-refractivity contribution in [2.24, 2.45) is 5.73 Å². The van der Waals surface area contributed by atoms with E-state index in [0.29, 0.717) is 12.1 Å². The van der Waals surface area contributed by atoms with Crippen LogP contribution in [0.15, 0.2) is 24.3 Å². The third kappa shape index (κ3) is 3.25. The van der Waals surface area contributed by atoms with Crippen molar-refractivity contribution in [1.29, 1.82) is 0 Å². The third-order valence-electron chi connectivity index (χ3n) is 2.00. The van der Waals surface area contributed by atoms with Gasteiger partial charge in [0, 0.05) is 25.2 Å². The first kappa shape index (κ1) is 11.5. The SMILES string of the molecule is CC(N)CN(C)C(=O)c1cccc(O)c1. The Balaban J connectivity index is 2.76. The van der Waals surface area contributed by atoms with Crippen LogP contribution in [-0.2, 0) is 0 Å². The number of amides is 1. The fourth-order valence-corrected chi connectivity index (χ4v) is 1.37. The van der Waals surface area contributed by atoms with Crippen molar-refractivity contribution < 1.29 is 9.90 Å². The fraction of sp³-hybridized carbons (Fsp3) is 0.364. The molecule has 0 spiro atoms. The molecule has 0 radical (unpaired) electrons. The minimum atomic E-state index is -0.136. The van der Waals surface area contributed by atoms with Crippen molar-refractivity contribution in [3.05, 3.63) is 29.8 Å². The first-order valence-corrected chi connectivity index (χ1v) is 4.81. The Labute approximate surface area is 89.3 Å². The number of carbonyl (C=O) groups is 1. The summed E-state index contributed by atoms with van der Waals surface area (Å²) in [6, 6.07) is 6.22. The number of aromatic hydroxyl groups is 1. The topological polar surface area (TPSA) is 66.6 Å². The molecule has 0 fully saturated rings. The number of nitrogens with zero attached hydrogens (tertiary/aromatic N) is 1. The zero-order chi connectivity index (χ0) is 11.4.